The van der Waals surface area contributed by atoms with Crippen molar-refractivity contribution < 1.29 is 24.8 Å². The number of aliphatic hydroxyl groups is 3. The Kier molecular flexibility index (Phi) is 14.1. The molecule has 0 spiro atoms. The van der Waals surface area contributed by atoms with E-state index < -0.39 is 24.4 Å². The highest BCUT2D eigenvalue weighted by atomic mass is 16.6. The van der Waals surface area contributed by atoms with Gasteiger partial charge in [0.25, 0.3) is 0 Å². The van der Waals surface area contributed by atoms with Gasteiger partial charge in [-0.05, 0) is 32.1 Å². The topological polar surface area (TPSA) is 79.2 Å². The van der Waals surface area contributed by atoms with Crippen LogP contribution in [0.1, 0.15) is 77.6 Å². The molecule has 0 radical (unpaired) electrons. The lowest BCUT2D eigenvalue weighted by molar-refractivity contribution is -0.199. The number of hydrogen-bond donors (Lipinski definition) is 3. The van der Waals surface area contributed by atoms with E-state index in [2.05, 4.69) is 19.1 Å². The number of allylic oxidation sites excluding steroid dienone is 2. The van der Waals surface area contributed by atoms with Gasteiger partial charge in [0.1, 0.15) is 24.4 Å². The zero-order valence-electron chi connectivity index (χ0n) is 16.5. The first-order chi connectivity index (χ1) is 12.7. The molecule has 1 fully saturated rings. The maximum Gasteiger partial charge on any atom is 0.111 e. The van der Waals surface area contributed by atoms with Crippen LogP contribution in [0.5, 0.6) is 0 Å². The van der Waals surface area contributed by atoms with Crippen molar-refractivity contribution >= 4 is 0 Å². The second kappa shape index (κ2) is 15.6. The van der Waals surface area contributed by atoms with Gasteiger partial charge < -0.3 is 24.8 Å². The SMILES string of the molecule is CCCCCCC/C=C/CCCCCCOC[C@@H]1OC[C@@H](O)[C@H](O)[C@H]1O. The summed E-state index contributed by atoms with van der Waals surface area (Å²) in [5, 5.41) is 28.8. The fraction of sp³-hybridized carbons (Fsp3) is 0.905. The van der Waals surface area contributed by atoms with Gasteiger partial charge in [-0.25, -0.2) is 0 Å². The summed E-state index contributed by atoms with van der Waals surface area (Å²) in [5.74, 6) is 0. The Morgan fingerprint density at radius 3 is 2.12 bits per heavy atom. The van der Waals surface area contributed by atoms with Gasteiger partial charge >= 0.3 is 0 Å². The van der Waals surface area contributed by atoms with Crippen LogP contribution in [-0.4, -0.2) is 59.6 Å². The molecule has 5 heteroatoms. The summed E-state index contributed by atoms with van der Waals surface area (Å²) >= 11 is 0. The highest BCUT2D eigenvalue weighted by molar-refractivity contribution is 4.86. The first-order valence-corrected chi connectivity index (χ1v) is 10.5. The number of aliphatic hydroxyl groups excluding tert-OH is 3. The summed E-state index contributed by atoms with van der Waals surface area (Å²) in [6, 6.07) is 0. The van der Waals surface area contributed by atoms with Gasteiger partial charge in [-0.1, -0.05) is 57.6 Å². The lowest BCUT2D eigenvalue weighted by atomic mass is 10.0. The van der Waals surface area contributed by atoms with Crippen molar-refractivity contribution in [2.75, 3.05) is 19.8 Å². The van der Waals surface area contributed by atoms with Crippen LogP contribution >= 0.6 is 0 Å². The molecule has 0 aromatic heterocycles. The number of unbranched alkanes of at least 4 members (excludes halogenated alkanes) is 9. The molecule has 1 rings (SSSR count). The van der Waals surface area contributed by atoms with Crippen molar-refractivity contribution in [2.45, 2.75) is 102 Å². The molecule has 1 aliphatic heterocycles. The van der Waals surface area contributed by atoms with Crippen molar-refractivity contribution in [1.82, 2.24) is 0 Å². The smallest absolute Gasteiger partial charge is 0.111 e. The molecule has 0 aromatic rings. The quantitative estimate of drug-likeness (QED) is 0.303. The summed E-state index contributed by atoms with van der Waals surface area (Å²) in [6.45, 7) is 3.18. The summed E-state index contributed by atoms with van der Waals surface area (Å²) in [4.78, 5) is 0. The van der Waals surface area contributed by atoms with E-state index in [1.807, 2.05) is 0 Å². The largest absolute Gasteiger partial charge is 0.388 e. The van der Waals surface area contributed by atoms with E-state index in [1.165, 1.54) is 51.4 Å². The fourth-order valence-electron chi connectivity index (χ4n) is 3.13. The molecule has 1 aliphatic rings. The van der Waals surface area contributed by atoms with Gasteiger partial charge in [-0.3, -0.25) is 0 Å². The van der Waals surface area contributed by atoms with E-state index in [4.69, 9.17) is 9.47 Å². The minimum atomic E-state index is -1.15. The Labute approximate surface area is 159 Å². The number of rotatable bonds is 15. The highest BCUT2D eigenvalue weighted by Crippen LogP contribution is 2.16. The van der Waals surface area contributed by atoms with Crippen molar-refractivity contribution in [3.63, 3.8) is 0 Å². The monoisotopic (exact) mass is 372 g/mol. The molecule has 26 heavy (non-hydrogen) atoms. The first kappa shape index (κ1) is 23.6. The minimum absolute atomic E-state index is 0.0402. The maximum atomic E-state index is 9.80. The van der Waals surface area contributed by atoms with Crippen LogP contribution in [0.25, 0.3) is 0 Å². The molecule has 0 amide bonds. The lowest BCUT2D eigenvalue weighted by Gasteiger charge is -2.35. The Morgan fingerprint density at radius 2 is 1.46 bits per heavy atom. The predicted molar refractivity (Wildman–Crippen MR) is 104 cm³/mol. The van der Waals surface area contributed by atoms with Crippen molar-refractivity contribution in [2.24, 2.45) is 0 Å². The predicted octanol–water partition coefficient (Wildman–Crippen LogP) is 3.35. The lowest BCUT2D eigenvalue weighted by Crippen LogP contribution is -2.54. The average Bonchev–Trinajstić information content (AvgIpc) is 2.64. The van der Waals surface area contributed by atoms with E-state index in [0.717, 1.165) is 19.3 Å². The summed E-state index contributed by atoms with van der Waals surface area (Å²) in [5.41, 5.74) is 0. The average molecular weight is 373 g/mol. The van der Waals surface area contributed by atoms with Crippen LogP contribution in [0.15, 0.2) is 12.2 Å². The standard InChI is InChI=1S/C21H40O5/c1-2-3-4-5-6-7-8-9-10-11-12-13-14-15-25-17-19-21(24)20(23)18(22)16-26-19/h8-9,18-24H,2-7,10-17H2,1H3/b9-8+/t18-,19+,20+,21+/m1/s1. The third kappa shape index (κ3) is 10.6. The first-order valence-electron chi connectivity index (χ1n) is 10.5. The number of ether oxygens (including phenoxy) is 2. The number of hydrogen-bond acceptors (Lipinski definition) is 5. The van der Waals surface area contributed by atoms with Crippen LogP contribution < -0.4 is 0 Å². The van der Waals surface area contributed by atoms with Crippen LogP contribution in [0, 0.1) is 0 Å². The Balaban J connectivity index is 1.85. The van der Waals surface area contributed by atoms with Crippen LogP contribution in [-0.2, 0) is 9.47 Å². The Morgan fingerprint density at radius 1 is 0.846 bits per heavy atom. The zero-order valence-corrected chi connectivity index (χ0v) is 16.5. The summed E-state index contributed by atoms with van der Waals surface area (Å²) < 4.78 is 10.8. The van der Waals surface area contributed by atoms with Crippen molar-refractivity contribution in [3.05, 3.63) is 12.2 Å². The zero-order chi connectivity index (χ0) is 19.0. The normalized spacial score (nSPS) is 26.6. The molecule has 1 saturated heterocycles. The van der Waals surface area contributed by atoms with Crippen LogP contribution in [0.2, 0.25) is 0 Å². The summed E-state index contributed by atoms with van der Waals surface area (Å²) in [6.07, 6.45) is 14.5. The van der Waals surface area contributed by atoms with Gasteiger partial charge in [0.05, 0.1) is 13.2 Å². The van der Waals surface area contributed by atoms with Crippen molar-refractivity contribution in [3.8, 4) is 0 Å². The molecule has 1 heterocycles. The summed E-state index contributed by atoms with van der Waals surface area (Å²) in [7, 11) is 0. The third-order valence-corrected chi connectivity index (χ3v) is 4.94. The molecular formula is C21H40O5. The van der Waals surface area contributed by atoms with E-state index in [1.54, 1.807) is 0 Å². The fourth-order valence-corrected chi connectivity index (χ4v) is 3.13. The molecule has 0 aliphatic carbocycles. The second-order valence-electron chi connectivity index (χ2n) is 7.37. The molecule has 0 aromatic carbocycles. The van der Waals surface area contributed by atoms with E-state index in [0.29, 0.717) is 6.61 Å². The van der Waals surface area contributed by atoms with Gasteiger partial charge in [-0.15, -0.1) is 0 Å². The van der Waals surface area contributed by atoms with Gasteiger partial charge in [0, 0.05) is 6.61 Å². The van der Waals surface area contributed by atoms with Crippen molar-refractivity contribution in [1.29, 1.82) is 0 Å². The van der Waals surface area contributed by atoms with Gasteiger partial charge in [0.2, 0.25) is 0 Å². The Hall–Kier alpha value is -0.460. The molecule has 0 bridgehead atoms. The molecule has 0 unspecified atom stereocenters. The van der Waals surface area contributed by atoms with E-state index in [9.17, 15) is 15.3 Å². The molecule has 3 N–H and O–H groups in total. The van der Waals surface area contributed by atoms with Gasteiger partial charge in [0.15, 0.2) is 0 Å². The maximum absolute atomic E-state index is 9.80. The van der Waals surface area contributed by atoms with Crippen LogP contribution in [0.4, 0.5) is 0 Å². The van der Waals surface area contributed by atoms with Gasteiger partial charge in [-0.2, -0.15) is 0 Å². The molecule has 5 nitrogen and oxygen atoms in total. The second-order valence-corrected chi connectivity index (χ2v) is 7.37. The molecule has 4 atom stereocenters. The minimum Gasteiger partial charge on any atom is -0.388 e. The Bertz CT molecular complexity index is 347. The highest BCUT2D eigenvalue weighted by Gasteiger charge is 2.37. The molecular weight excluding hydrogens is 332 g/mol. The third-order valence-electron chi connectivity index (χ3n) is 4.94. The van der Waals surface area contributed by atoms with E-state index >= 15 is 0 Å². The molecule has 154 valence electrons. The van der Waals surface area contributed by atoms with E-state index in [-0.39, 0.29) is 13.2 Å². The van der Waals surface area contributed by atoms with Crippen LogP contribution in [0.3, 0.4) is 0 Å². The molecule has 0 saturated carbocycles.